The van der Waals surface area contributed by atoms with Gasteiger partial charge in [-0.25, -0.2) is 0 Å². The third-order valence-electron chi connectivity index (χ3n) is 13.8. The van der Waals surface area contributed by atoms with Crippen molar-refractivity contribution < 1.29 is 28.6 Å². The van der Waals surface area contributed by atoms with E-state index in [-0.39, 0.29) is 37.5 Å². The summed E-state index contributed by atoms with van der Waals surface area (Å²) in [4.78, 5) is 38.4. The van der Waals surface area contributed by atoms with E-state index in [4.69, 9.17) is 14.2 Å². The Morgan fingerprint density at radius 1 is 0.259 bits per heavy atom. The van der Waals surface area contributed by atoms with Crippen LogP contribution in [-0.4, -0.2) is 37.2 Å². The molecule has 0 amide bonds. The first-order valence-electron chi connectivity index (χ1n) is 33.3. The molecule has 0 rings (SSSR count). The highest BCUT2D eigenvalue weighted by Crippen LogP contribution is 2.15. The van der Waals surface area contributed by atoms with Gasteiger partial charge in [-0.3, -0.25) is 14.4 Å². The van der Waals surface area contributed by atoms with Crippen LogP contribution >= 0.6 is 0 Å². The average molecular weight is 1120 g/mol. The Labute approximate surface area is 499 Å². The molecule has 0 aliphatic carbocycles. The highest BCUT2D eigenvalue weighted by molar-refractivity contribution is 5.71. The summed E-state index contributed by atoms with van der Waals surface area (Å²) in [5, 5.41) is 0. The van der Waals surface area contributed by atoms with E-state index in [1.807, 2.05) is 0 Å². The van der Waals surface area contributed by atoms with Crippen molar-refractivity contribution in [2.45, 2.75) is 297 Å². The maximum atomic E-state index is 12.9. The first-order chi connectivity index (χ1) is 40.0. The number of unbranched alkanes of at least 4 members (excludes halogenated alkanes) is 24. The molecule has 0 saturated carbocycles. The number of hydrogen-bond donors (Lipinski definition) is 0. The molecule has 0 aromatic carbocycles. The summed E-state index contributed by atoms with van der Waals surface area (Å²) < 4.78 is 16.9. The minimum absolute atomic E-state index is 0.109. The minimum Gasteiger partial charge on any atom is -0.462 e. The Morgan fingerprint density at radius 2 is 0.494 bits per heavy atom. The van der Waals surface area contributed by atoms with Gasteiger partial charge in [-0.05, 0) is 135 Å². The van der Waals surface area contributed by atoms with Crippen molar-refractivity contribution in [3.05, 3.63) is 146 Å². The molecule has 0 aromatic heterocycles. The highest BCUT2D eigenvalue weighted by Gasteiger charge is 2.19. The Bertz CT molecular complexity index is 1760. The summed E-state index contributed by atoms with van der Waals surface area (Å²) in [5.41, 5.74) is 0. The van der Waals surface area contributed by atoms with Gasteiger partial charge >= 0.3 is 17.9 Å². The second-order valence-corrected chi connectivity index (χ2v) is 21.6. The van der Waals surface area contributed by atoms with Crippen molar-refractivity contribution in [3.8, 4) is 0 Å². The van der Waals surface area contributed by atoms with E-state index in [1.165, 1.54) is 116 Å². The number of rotatable bonds is 59. The lowest BCUT2D eigenvalue weighted by Crippen LogP contribution is -2.30. The number of esters is 3. The number of ether oxygens (including phenoxy) is 3. The zero-order valence-corrected chi connectivity index (χ0v) is 52.5. The first-order valence-corrected chi connectivity index (χ1v) is 33.3. The van der Waals surface area contributed by atoms with Crippen molar-refractivity contribution in [3.63, 3.8) is 0 Å². The van der Waals surface area contributed by atoms with Gasteiger partial charge in [0.05, 0.1) is 0 Å². The fourth-order valence-corrected chi connectivity index (χ4v) is 8.89. The molecular weight excluding hydrogens is 997 g/mol. The molecule has 0 bridgehead atoms. The highest BCUT2D eigenvalue weighted by atomic mass is 16.6. The third-order valence-corrected chi connectivity index (χ3v) is 13.8. The molecule has 0 heterocycles. The zero-order chi connectivity index (χ0) is 58.5. The quantitative estimate of drug-likeness (QED) is 0.0261. The van der Waals surface area contributed by atoms with Gasteiger partial charge < -0.3 is 14.2 Å². The molecule has 0 N–H and O–H groups in total. The van der Waals surface area contributed by atoms with Gasteiger partial charge in [-0.1, -0.05) is 282 Å². The van der Waals surface area contributed by atoms with E-state index in [1.54, 1.807) is 0 Å². The molecule has 1 atom stereocenters. The molecule has 0 aromatic rings. The monoisotopic (exact) mass is 1120 g/mol. The van der Waals surface area contributed by atoms with Crippen molar-refractivity contribution in [1.82, 2.24) is 0 Å². The molecule has 0 saturated heterocycles. The average Bonchev–Trinajstić information content (AvgIpc) is 3.47. The van der Waals surface area contributed by atoms with Crippen molar-refractivity contribution in [2.24, 2.45) is 0 Å². The predicted octanol–water partition coefficient (Wildman–Crippen LogP) is 23.1. The summed E-state index contributed by atoms with van der Waals surface area (Å²) in [6, 6.07) is 0. The molecule has 1 unspecified atom stereocenters. The molecule has 81 heavy (non-hydrogen) atoms. The van der Waals surface area contributed by atoms with Gasteiger partial charge in [0.1, 0.15) is 13.2 Å². The number of allylic oxidation sites excluding steroid dienone is 24. The molecule has 0 fully saturated rings. The smallest absolute Gasteiger partial charge is 0.306 e. The van der Waals surface area contributed by atoms with Crippen molar-refractivity contribution >= 4 is 17.9 Å². The molecule has 0 aliphatic rings. The molecule has 458 valence electrons. The van der Waals surface area contributed by atoms with Crippen LogP contribution in [-0.2, 0) is 28.6 Å². The van der Waals surface area contributed by atoms with Crippen LogP contribution in [0.3, 0.4) is 0 Å². The van der Waals surface area contributed by atoms with Crippen LogP contribution in [0, 0.1) is 0 Å². The second-order valence-electron chi connectivity index (χ2n) is 21.6. The largest absolute Gasteiger partial charge is 0.462 e. The summed E-state index contributed by atoms with van der Waals surface area (Å²) >= 11 is 0. The van der Waals surface area contributed by atoms with Crippen LogP contribution in [0.4, 0.5) is 0 Å². The maximum absolute atomic E-state index is 12.9. The van der Waals surface area contributed by atoms with Gasteiger partial charge in [-0.15, -0.1) is 0 Å². The molecule has 0 spiro atoms. The lowest BCUT2D eigenvalue weighted by atomic mass is 10.0. The first kappa shape index (κ1) is 76.3. The molecule has 6 heteroatoms. The van der Waals surface area contributed by atoms with Gasteiger partial charge in [-0.2, -0.15) is 0 Å². The number of hydrogen-bond acceptors (Lipinski definition) is 6. The van der Waals surface area contributed by atoms with Crippen LogP contribution in [0.5, 0.6) is 0 Å². The Balaban J connectivity index is 4.47. The van der Waals surface area contributed by atoms with Gasteiger partial charge in [0.25, 0.3) is 0 Å². The maximum Gasteiger partial charge on any atom is 0.306 e. The molecule has 0 aliphatic heterocycles. The summed E-state index contributed by atoms with van der Waals surface area (Å²) in [7, 11) is 0. The van der Waals surface area contributed by atoms with Crippen molar-refractivity contribution in [2.75, 3.05) is 13.2 Å². The van der Waals surface area contributed by atoms with E-state index in [0.717, 1.165) is 128 Å². The van der Waals surface area contributed by atoms with E-state index in [0.29, 0.717) is 19.3 Å². The topological polar surface area (TPSA) is 78.9 Å². The van der Waals surface area contributed by atoms with Crippen LogP contribution in [0.1, 0.15) is 290 Å². The SMILES string of the molecule is CC/C=C\C/C=C\C/C=C\C/C=C\C/C=C\C/C=C\C/C=C\CCCC(=O)OC(COC(=O)CCCCCCC/C=C\CCCCCCCC)COC(=O)CCCCCCCCCCCCCC/C=C\C/C=C\C/C=C\C/C=C\CC. The van der Waals surface area contributed by atoms with E-state index >= 15 is 0 Å². The second kappa shape index (κ2) is 67.8. The molecular formula is C75H122O6. The fraction of sp³-hybridized carbons (Fsp3) is 0.640. The lowest BCUT2D eigenvalue weighted by molar-refractivity contribution is -0.167. The molecule has 0 radical (unpaired) electrons. The standard InChI is InChI=1S/C75H122O6/c1-4-7-10-13-16-19-22-25-28-30-32-34-36-37-39-40-42-44-47-50-53-56-59-62-65-68-74(77)80-71-72(70-79-73(76)67-64-61-58-55-52-49-46-27-24-21-18-15-12-9-6-3)81-75(78)69-66-63-60-57-54-51-48-45-43-41-38-35-33-31-29-26-23-20-17-14-11-8-5-2/h7-8,10-11,16-17,19-20,25-29,32-35,41,43,46,48,51,57,60,72H,4-6,9,12-15,18,21-24,30-31,36-40,42,44-45,47,49-50,52-56,58-59,61-71H2,1-3H3/b10-7-,11-8-,19-16-,20-17-,28-25-,29-26-,34-32-,35-33-,43-41-,46-27-,51-48-,60-57-. The van der Waals surface area contributed by atoms with Crippen LogP contribution in [0.25, 0.3) is 0 Å². The van der Waals surface area contributed by atoms with Crippen molar-refractivity contribution in [1.29, 1.82) is 0 Å². The van der Waals surface area contributed by atoms with E-state index in [2.05, 4.69) is 167 Å². The van der Waals surface area contributed by atoms with Gasteiger partial charge in [0.2, 0.25) is 0 Å². The minimum atomic E-state index is -0.820. The van der Waals surface area contributed by atoms with Gasteiger partial charge in [0.15, 0.2) is 6.10 Å². The van der Waals surface area contributed by atoms with Gasteiger partial charge in [0, 0.05) is 19.3 Å². The summed E-state index contributed by atoms with van der Waals surface area (Å²) in [6.07, 6.45) is 97.2. The lowest BCUT2D eigenvalue weighted by Gasteiger charge is -2.18. The number of carbonyl (C=O) groups excluding carboxylic acids is 3. The van der Waals surface area contributed by atoms with Crippen LogP contribution in [0.2, 0.25) is 0 Å². The normalized spacial score (nSPS) is 13.1. The Kier molecular flexibility index (Phi) is 63.9. The van der Waals surface area contributed by atoms with E-state index in [9.17, 15) is 14.4 Å². The summed E-state index contributed by atoms with van der Waals surface area (Å²) in [6.45, 7) is 6.37. The number of carbonyl (C=O) groups is 3. The van der Waals surface area contributed by atoms with Crippen LogP contribution in [0.15, 0.2) is 146 Å². The Morgan fingerprint density at radius 3 is 0.802 bits per heavy atom. The predicted molar refractivity (Wildman–Crippen MR) is 352 cm³/mol. The summed E-state index contributed by atoms with van der Waals surface area (Å²) in [5.74, 6) is -0.976. The van der Waals surface area contributed by atoms with E-state index < -0.39 is 6.10 Å². The fourth-order valence-electron chi connectivity index (χ4n) is 8.89. The zero-order valence-electron chi connectivity index (χ0n) is 52.5. The molecule has 6 nitrogen and oxygen atoms in total. The third kappa shape index (κ3) is 66.0. The Hall–Kier alpha value is -4.71. The van der Waals surface area contributed by atoms with Crippen LogP contribution < -0.4 is 0 Å².